The molecular weight excluding hydrogens is 338 g/mol. The number of hydrogen-bond acceptors (Lipinski definition) is 4. The van der Waals surface area contributed by atoms with Crippen molar-refractivity contribution in [3.05, 3.63) is 59.2 Å². The number of carbonyl (C=O) groups is 1. The van der Waals surface area contributed by atoms with Crippen LogP contribution in [0.5, 0.6) is 5.75 Å². The molecule has 4 nitrogen and oxygen atoms in total. The zero-order valence-electron chi connectivity index (χ0n) is 16.5. The highest BCUT2D eigenvalue weighted by Crippen LogP contribution is 2.28. The standard InChI is InChI=1S/C23H29NO3/c1-4-26-23(25)11-9-18-8-10-20-16-24(13-12-19(20)14-18)21-6-5-7-22(15-21)27-17(2)3/h5-8,10,14-15,17H,4,9,11-13,16H2,1-3H3. The maximum Gasteiger partial charge on any atom is 0.306 e. The lowest BCUT2D eigenvalue weighted by Gasteiger charge is -2.31. The first-order valence-electron chi connectivity index (χ1n) is 9.83. The summed E-state index contributed by atoms with van der Waals surface area (Å²) >= 11 is 0. The monoisotopic (exact) mass is 367 g/mol. The van der Waals surface area contributed by atoms with Gasteiger partial charge in [-0.15, -0.1) is 0 Å². The molecule has 0 saturated heterocycles. The summed E-state index contributed by atoms with van der Waals surface area (Å²) in [5.74, 6) is 0.799. The molecule has 4 heteroatoms. The Hall–Kier alpha value is -2.49. The van der Waals surface area contributed by atoms with Gasteiger partial charge in [0, 0.05) is 31.3 Å². The molecular formula is C23H29NO3. The molecule has 2 aromatic rings. The van der Waals surface area contributed by atoms with Crippen molar-refractivity contribution >= 4 is 11.7 Å². The van der Waals surface area contributed by atoms with Crippen molar-refractivity contribution in [2.24, 2.45) is 0 Å². The van der Waals surface area contributed by atoms with E-state index in [4.69, 9.17) is 9.47 Å². The van der Waals surface area contributed by atoms with E-state index in [-0.39, 0.29) is 12.1 Å². The van der Waals surface area contributed by atoms with E-state index in [2.05, 4.69) is 41.3 Å². The van der Waals surface area contributed by atoms with Crippen molar-refractivity contribution in [3.8, 4) is 5.75 Å². The van der Waals surface area contributed by atoms with Gasteiger partial charge in [0.1, 0.15) is 5.75 Å². The molecule has 0 atom stereocenters. The van der Waals surface area contributed by atoms with Gasteiger partial charge in [0.2, 0.25) is 0 Å². The quantitative estimate of drug-likeness (QED) is 0.674. The highest BCUT2D eigenvalue weighted by molar-refractivity contribution is 5.69. The molecule has 1 heterocycles. The average molecular weight is 367 g/mol. The van der Waals surface area contributed by atoms with Crippen molar-refractivity contribution < 1.29 is 14.3 Å². The maximum absolute atomic E-state index is 11.6. The van der Waals surface area contributed by atoms with Gasteiger partial charge in [0.25, 0.3) is 0 Å². The molecule has 0 fully saturated rings. The van der Waals surface area contributed by atoms with Crippen molar-refractivity contribution in [2.75, 3.05) is 18.1 Å². The topological polar surface area (TPSA) is 38.8 Å². The van der Waals surface area contributed by atoms with Crippen LogP contribution in [0.2, 0.25) is 0 Å². The van der Waals surface area contributed by atoms with Crippen LogP contribution >= 0.6 is 0 Å². The lowest BCUT2D eigenvalue weighted by atomic mass is 9.95. The molecule has 1 aliphatic rings. The van der Waals surface area contributed by atoms with Crippen molar-refractivity contribution in [3.63, 3.8) is 0 Å². The SMILES string of the molecule is CCOC(=O)CCc1ccc2c(c1)CCN(c1cccc(OC(C)C)c1)C2. The second-order valence-electron chi connectivity index (χ2n) is 7.24. The number of anilines is 1. The van der Waals surface area contributed by atoms with Gasteiger partial charge in [-0.3, -0.25) is 4.79 Å². The Balaban J connectivity index is 1.66. The molecule has 1 aliphatic heterocycles. The summed E-state index contributed by atoms with van der Waals surface area (Å²) in [6.45, 7) is 8.26. The summed E-state index contributed by atoms with van der Waals surface area (Å²) in [4.78, 5) is 14.0. The number of nitrogens with zero attached hydrogens (tertiary/aromatic N) is 1. The summed E-state index contributed by atoms with van der Waals surface area (Å²) in [6, 6.07) is 14.9. The van der Waals surface area contributed by atoms with Gasteiger partial charge in [-0.2, -0.15) is 0 Å². The van der Waals surface area contributed by atoms with E-state index < -0.39 is 0 Å². The summed E-state index contributed by atoms with van der Waals surface area (Å²) < 4.78 is 10.8. The minimum absolute atomic E-state index is 0.120. The van der Waals surface area contributed by atoms with Gasteiger partial charge in [0.15, 0.2) is 0 Å². The van der Waals surface area contributed by atoms with Crippen molar-refractivity contribution in [2.45, 2.75) is 52.7 Å². The predicted octanol–water partition coefficient (Wildman–Crippen LogP) is 4.53. The van der Waals surface area contributed by atoms with Gasteiger partial charge < -0.3 is 14.4 Å². The number of aryl methyl sites for hydroxylation is 1. The molecule has 0 amide bonds. The van der Waals surface area contributed by atoms with E-state index in [1.165, 1.54) is 22.4 Å². The molecule has 2 aromatic carbocycles. The lowest BCUT2D eigenvalue weighted by Crippen LogP contribution is -2.30. The third kappa shape index (κ3) is 5.25. The van der Waals surface area contributed by atoms with Crippen LogP contribution < -0.4 is 9.64 Å². The zero-order valence-corrected chi connectivity index (χ0v) is 16.5. The van der Waals surface area contributed by atoms with Gasteiger partial charge in [-0.05, 0) is 62.4 Å². The van der Waals surface area contributed by atoms with E-state index in [1.807, 2.05) is 26.8 Å². The van der Waals surface area contributed by atoms with Gasteiger partial charge in [-0.1, -0.05) is 24.3 Å². The van der Waals surface area contributed by atoms with E-state index >= 15 is 0 Å². The third-order valence-electron chi connectivity index (χ3n) is 4.76. The minimum Gasteiger partial charge on any atom is -0.491 e. The second-order valence-corrected chi connectivity index (χ2v) is 7.24. The highest BCUT2D eigenvalue weighted by atomic mass is 16.5. The molecule has 0 bridgehead atoms. The Morgan fingerprint density at radius 3 is 2.78 bits per heavy atom. The fraction of sp³-hybridized carbons (Fsp3) is 0.435. The van der Waals surface area contributed by atoms with E-state index in [9.17, 15) is 4.79 Å². The van der Waals surface area contributed by atoms with Crippen LogP contribution in [0.3, 0.4) is 0 Å². The molecule has 0 N–H and O–H groups in total. The first-order chi connectivity index (χ1) is 13.0. The Kier molecular flexibility index (Phi) is 6.38. The van der Waals surface area contributed by atoms with Crippen LogP contribution in [0.25, 0.3) is 0 Å². The van der Waals surface area contributed by atoms with Crippen LogP contribution in [-0.2, 0) is 28.9 Å². The number of rotatable bonds is 7. The lowest BCUT2D eigenvalue weighted by molar-refractivity contribution is -0.143. The minimum atomic E-state index is -0.120. The van der Waals surface area contributed by atoms with Gasteiger partial charge in [-0.25, -0.2) is 0 Å². The number of fused-ring (bicyclic) bond motifs is 1. The first-order valence-corrected chi connectivity index (χ1v) is 9.83. The molecule has 0 unspecified atom stereocenters. The largest absolute Gasteiger partial charge is 0.491 e. The molecule has 0 aliphatic carbocycles. The summed E-state index contributed by atoms with van der Waals surface area (Å²) in [7, 11) is 0. The number of benzene rings is 2. The van der Waals surface area contributed by atoms with Crippen LogP contribution in [0, 0.1) is 0 Å². The Labute approximate surface area is 162 Å². The second kappa shape index (κ2) is 8.94. The molecule has 3 rings (SSSR count). The van der Waals surface area contributed by atoms with Crippen LogP contribution in [0.15, 0.2) is 42.5 Å². The summed E-state index contributed by atoms with van der Waals surface area (Å²) in [5.41, 5.74) is 5.16. The van der Waals surface area contributed by atoms with E-state index in [0.717, 1.165) is 31.7 Å². The predicted molar refractivity (Wildman–Crippen MR) is 108 cm³/mol. The number of carbonyl (C=O) groups excluding carboxylic acids is 1. The molecule has 0 spiro atoms. The first kappa shape index (κ1) is 19.3. The summed E-state index contributed by atoms with van der Waals surface area (Å²) in [6.07, 6.45) is 2.37. The fourth-order valence-electron chi connectivity index (χ4n) is 3.49. The van der Waals surface area contributed by atoms with Crippen LogP contribution in [-0.4, -0.2) is 25.2 Å². The molecule has 27 heavy (non-hydrogen) atoms. The number of esters is 1. The molecule has 0 saturated carbocycles. The molecule has 0 radical (unpaired) electrons. The number of ether oxygens (including phenoxy) is 2. The van der Waals surface area contributed by atoms with Crippen LogP contribution in [0.1, 0.15) is 43.9 Å². The Morgan fingerprint density at radius 2 is 2.00 bits per heavy atom. The zero-order chi connectivity index (χ0) is 19.2. The summed E-state index contributed by atoms with van der Waals surface area (Å²) in [5, 5.41) is 0. The normalized spacial score (nSPS) is 13.4. The van der Waals surface area contributed by atoms with Crippen molar-refractivity contribution in [1.29, 1.82) is 0 Å². The third-order valence-corrected chi connectivity index (χ3v) is 4.76. The Morgan fingerprint density at radius 1 is 1.15 bits per heavy atom. The molecule has 0 aromatic heterocycles. The smallest absolute Gasteiger partial charge is 0.306 e. The van der Waals surface area contributed by atoms with Crippen LogP contribution in [0.4, 0.5) is 5.69 Å². The highest BCUT2D eigenvalue weighted by Gasteiger charge is 2.17. The van der Waals surface area contributed by atoms with Gasteiger partial charge in [0.05, 0.1) is 12.7 Å². The van der Waals surface area contributed by atoms with E-state index in [1.54, 1.807) is 0 Å². The van der Waals surface area contributed by atoms with Gasteiger partial charge >= 0.3 is 5.97 Å². The van der Waals surface area contributed by atoms with E-state index in [0.29, 0.717) is 13.0 Å². The average Bonchev–Trinajstić information content (AvgIpc) is 2.66. The Bertz CT molecular complexity index is 785. The van der Waals surface area contributed by atoms with Crippen molar-refractivity contribution in [1.82, 2.24) is 0 Å². The number of hydrogen-bond donors (Lipinski definition) is 0. The molecule has 144 valence electrons. The maximum atomic E-state index is 11.6. The fourth-order valence-corrected chi connectivity index (χ4v) is 3.49.